The zero-order chi connectivity index (χ0) is 14.8. The van der Waals surface area contributed by atoms with E-state index in [4.69, 9.17) is 11.6 Å². The Hall–Kier alpha value is -2.18. The Morgan fingerprint density at radius 1 is 1.24 bits per heavy atom. The molecule has 1 heterocycles. The second-order valence-electron chi connectivity index (χ2n) is 4.23. The van der Waals surface area contributed by atoms with Crippen LogP contribution < -0.4 is 4.90 Å². The van der Waals surface area contributed by atoms with Crippen LogP contribution in [0.1, 0.15) is 5.56 Å². The minimum absolute atomic E-state index is 0.328. The third-order valence-corrected chi connectivity index (χ3v) is 4.21. The molecule has 0 N–H and O–H groups in total. The minimum atomic E-state index is -1.28. The van der Waals surface area contributed by atoms with Crippen LogP contribution in [-0.2, 0) is 10.8 Å². The summed E-state index contributed by atoms with van der Waals surface area (Å²) in [6, 6.07) is 11.8. The number of aromatic nitrogens is 2. The van der Waals surface area contributed by atoms with E-state index in [1.165, 1.54) is 0 Å². The third kappa shape index (κ3) is 2.96. The van der Waals surface area contributed by atoms with Crippen LogP contribution in [0.4, 0.5) is 0 Å². The molecular formula is C14H9ClN2O3S. The molecule has 3 aromatic rings. The Morgan fingerprint density at radius 2 is 2.00 bits per heavy atom. The summed E-state index contributed by atoms with van der Waals surface area (Å²) in [7, 11) is -1.28. The van der Waals surface area contributed by atoms with E-state index in [1.54, 1.807) is 53.9 Å². The summed E-state index contributed by atoms with van der Waals surface area (Å²) in [5.41, 5.74) is 1.54. The van der Waals surface area contributed by atoms with Gasteiger partial charge < -0.3 is 5.21 Å². The molecule has 3 rings (SSSR count). The van der Waals surface area contributed by atoms with E-state index in [9.17, 15) is 9.42 Å². The van der Waals surface area contributed by atoms with Gasteiger partial charge in [-0.1, -0.05) is 17.7 Å². The molecule has 5 nitrogen and oxygen atoms in total. The molecule has 0 bridgehead atoms. The predicted molar refractivity (Wildman–Crippen MR) is 79.9 cm³/mol. The fourth-order valence-corrected chi connectivity index (χ4v) is 2.75. The third-order valence-electron chi connectivity index (χ3n) is 2.84. The summed E-state index contributed by atoms with van der Waals surface area (Å²) in [6.07, 6.45) is 1.68. The normalized spacial score (nSPS) is 13.0. The van der Waals surface area contributed by atoms with Crippen LogP contribution in [0.25, 0.3) is 17.1 Å². The quantitative estimate of drug-likeness (QED) is 0.696. The summed E-state index contributed by atoms with van der Waals surface area (Å²) in [6.45, 7) is 0. The Balaban J connectivity index is 1.85. The number of hydrogen-bond acceptors (Lipinski definition) is 4. The topological polar surface area (TPSA) is 70.0 Å². The molecule has 0 radical (unpaired) electrons. The first kappa shape index (κ1) is 13.8. The van der Waals surface area contributed by atoms with Crippen LogP contribution in [0.3, 0.4) is 0 Å². The molecule has 0 aliphatic rings. The molecular weight excluding hydrogens is 312 g/mol. The highest BCUT2D eigenvalue weighted by molar-refractivity contribution is 7.88. The molecule has 0 fully saturated rings. The highest BCUT2D eigenvalue weighted by atomic mass is 35.5. The van der Waals surface area contributed by atoms with Gasteiger partial charge in [0.25, 0.3) is 0 Å². The lowest BCUT2D eigenvalue weighted by Crippen LogP contribution is -2.22. The van der Waals surface area contributed by atoms with Crippen molar-refractivity contribution in [3.05, 3.63) is 63.7 Å². The lowest BCUT2D eigenvalue weighted by molar-refractivity contribution is -0.782. The van der Waals surface area contributed by atoms with Crippen molar-refractivity contribution in [2.45, 2.75) is 4.90 Å². The van der Waals surface area contributed by atoms with Crippen molar-refractivity contribution in [2.75, 3.05) is 0 Å². The van der Waals surface area contributed by atoms with Crippen molar-refractivity contribution in [1.29, 1.82) is 0 Å². The van der Waals surface area contributed by atoms with Crippen molar-refractivity contribution in [3.63, 3.8) is 0 Å². The SMILES string of the molecule is O=S(/C=C/c1ccc2no[n+]([O-])c2c1)c1ccc(Cl)cc1. The molecule has 1 aromatic heterocycles. The maximum Gasteiger partial charge on any atom is 0.248 e. The van der Waals surface area contributed by atoms with Crippen molar-refractivity contribution >= 4 is 39.5 Å². The van der Waals surface area contributed by atoms with Gasteiger partial charge in [-0.05, 0) is 46.9 Å². The summed E-state index contributed by atoms with van der Waals surface area (Å²) < 4.78 is 16.6. The monoisotopic (exact) mass is 320 g/mol. The van der Waals surface area contributed by atoms with E-state index in [0.717, 1.165) is 5.56 Å². The zero-order valence-electron chi connectivity index (χ0n) is 10.6. The standard InChI is InChI=1S/C14H9ClN2O3S/c15-11-2-4-12(5-3-11)21(19)8-7-10-1-6-13-14(9-10)17(18)20-16-13/h1-9H/b8-7+. The number of hydrogen-bond donors (Lipinski definition) is 0. The Bertz CT molecular complexity index is 843. The number of nitrogens with zero attached hydrogens (tertiary/aromatic N) is 2. The second-order valence-corrected chi connectivity index (χ2v) is 6.01. The fraction of sp³-hybridized carbons (Fsp3) is 0. The fourth-order valence-electron chi connectivity index (χ4n) is 1.78. The van der Waals surface area contributed by atoms with E-state index < -0.39 is 10.8 Å². The first-order chi connectivity index (χ1) is 10.1. The lowest BCUT2D eigenvalue weighted by Gasteiger charge is -1.97. The Kier molecular flexibility index (Phi) is 3.72. The summed E-state index contributed by atoms with van der Waals surface area (Å²) in [5, 5.41) is 17.0. The number of benzene rings is 2. The van der Waals surface area contributed by atoms with Gasteiger partial charge in [0.15, 0.2) is 0 Å². The van der Waals surface area contributed by atoms with Crippen molar-refractivity contribution in [1.82, 2.24) is 5.16 Å². The number of rotatable bonds is 3. The highest BCUT2D eigenvalue weighted by Gasteiger charge is 2.08. The van der Waals surface area contributed by atoms with E-state index in [-0.39, 0.29) is 0 Å². The lowest BCUT2D eigenvalue weighted by atomic mass is 10.2. The van der Waals surface area contributed by atoms with Crippen LogP contribution in [0, 0.1) is 5.21 Å². The minimum Gasteiger partial charge on any atom is -0.359 e. The molecule has 1 atom stereocenters. The van der Waals surface area contributed by atoms with E-state index >= 15 is 0 Å². The summed E-state index contributed by atoms with van der Waals surface area (Å²) in [4.78, 5) is 0.989. The van der Waals surface area contributed by atoms with Gasteiger partial charge in [-0.15, -0.1) is 0 Å². The van der Waals surface area contributed by atoms with Crippen LogP contribution in [0.15, 0.2) is 57.4 Å². The largest absolute Gasteiger partial charge is 0.359 e. The molecule has 21 heavy (non-hydrogen) atoms. The van der Waals surface area contributed by atoms with Gasteiger partial charge in [0.1, 0.15) is 0 Å². The summed E-state index contributed by atoms with van der Waals surface area (Å²) in [5.74, 6) is 0. The maximum atomic E-state index is 12.1. The van der Waals surface area contributed by atoms with E-state index in [1.807, 2.05) is 0 Å². The average Bonchev–Trinajstić information content (AvgIpc) is 2.87. The van der Waals surface area contributed by atoms with Gasteiger partial charge in [-0.25, -0.2) is 4.21 Å². The second kappa shape index (κ2) is 5.67. The van der Waals surface area contributed by atoms with Gasteiger partial charge in [-0.2, -0.15) is 0 Å². The maximum absolute atomic E-state index is 12.1. The van der Waals surface area contributed by atoms with Crippen LogP contribution >= 0.6 is 11.6 Å². The molecule has 0 aliphatic carbocycles. The number of halogens is 1. The molecule has 0 saturated carbocycles. The van der Waals surface area contributed by atoms with Crippen LogP contribution in [0.5, 0.6) is 0 Å². The first-order valence-electron chi connectivity index (χ1n) is 5.97. The number of fused-ring (bicyclic) bond motifs is 1. The predicted octanol–water partition coefficient (Wildman–Crippen LogP) is 2.89. The van der Waals surface area contributed by atoms with Gasteiger partial charge >= 0.3 is 0 Å². The Morgan fingerprint density at radius 3 is 2.76 bits per heavy atom. The molecule has 0 amide bonds. The molecule has 1 unspecified atom stereocenters. The molecule has 7 heteroatoms. The van der Waals surface area contributed by atoms with Crippen LogP contribution in [-0.4, -0.2) is 9.37 Å². The van der Waals surface area contributed by atoms with Gasteiger partial charge in [-0.3, -0.25) is 4.63 Å². The molecule has 0 aliphatic heterocycles. The highest BCUT2D eigenvalue weighted by Crippen LogP contribution is 2.16. The molecule has 106 valence electrons. The Labute approximate surface area is 127 Å². The van der Waals surface area contributed by atoms with E-state index in [2.05, 4.69) is 9.79 Å². The van der Waals surface area contributed by atoms with Crippen molar-refractivity contribution < 1.29 is 13.7 Å². The molecule has 2 aromatic carbocycles. The van der Waals surface area contributed by atoms with E-state index in [0.29, 0.717) is 25.9 Å². The molecule has 0 saturated heterocycles. The smallest absolute Gasteiger partial charge is 0.248 e. The average molecular weight is 321 g/mol. The van der Waals surface area contributed by atoms with Crippen molar-refractivity contribution in [3.8, 4) is 0 Å². The van der Waals surface area contributed by atoms with Crippen molar-refractivity contribution in [2.24, 2.45) is 0 Å². The molecule has 0 spiro atoms. The van der Waals surface area contributed by atoms with Gasteiger partial charge in [0.05, 0.1) is 10.8 Å². The summed E-state index contributed by atoms with van der Waals surface area (Å²) >= 11 is 5.79. The first-order valence-corrected chi connectivity index (χ1v) is 7.56. The van der Waals surface area contributed by atoms with Gasteiger partial charge in [0.2, 0.25) is 11.0 Å². The van der Waals surface area contributed by atoms with Crippen LogP contribution in [0.2, 0.25) is 5.02 Å². The van der Waals surface area contributed by atoms with Gasteiger partial charge in [0, 0.05) is 26.5 Å². The zero-order valence-corrected chi connectivity index (χ0v) is 12.2.